The van der Waals surface area contributed by atoms with Crippen LogP contribution in [0.5, 0.6) is 0 Å². The molecule has 5 heteroatoms. The van der Waals surface area contributed by atoms with Gasteiger partial charge in [0.2, 0.25) is 0 Å². The molecule has 3 nitrogen and oxygen atoms in total. The molecule has 112 valence electrons. The van der Waals surface area contributed by atoms with E-state index in [-0.39, 0.29) is 5.92 Å². The third-order valence-corrected chi connectivity index (χ3v) is 4.86. The highest BCUT2D eigenvalue weighted by molar-refractivity contribution is 7.99. The minimum absolute atomic E-state index is 0.142. The zero-order valence-electron chi connectivity index (χ0n) is 11.9. The van der Waals surface area contributed by atoms with Gasteiger partial charge in [-0.1, -0.05) is 44.0 Å². The summed E-state index contributed by atoms with van der Waals surface area (Å²) in [6.45, 7) is 4.68. The van der Waals surface area contributed by atoms with Crippen molar-refractivity contribution >= 4 is 29.3 Å². The SMILES string of the molecule is CC[C@H](C)[C@H](NCCCSc1ccccc1Cl)C(=O)O. The van der Waals surface area contributed by atoms with Crippen molar-refractivity contribution in [2.75, 3.05) is 12.3 Å². The predicted molar refractivity (Wildman–Crippen MR) is 85.7 cm³/mol. The molecule has 0 unspecified atom stereocenters. The second-order valence-corrected chi connectivity index (χ2v) is 6.33. The van der Waals surface area contributed by atoms with Crippen LogP contribution in [-0.4, -0.2) is 29.4 Å². The van der Waals surface area contributed by atoms with Gasteiger partial charge in [-0.3, -0.25) is 4.79 Å². The number of halogens is 1. The average Bonchev–Trinajstić information content (AvgIpc) is 2.43. The van der Waals surface area contributed by atoms with Gasteiger partial charge in [0, 0.05) is 4.90 Å². The fourth-order valence-electron chi connectivity index (χ4n) is 1.84. The smallest absolute Gasteiger partial charge is 0.320 e. The Labute approximate surface area is 130 Å². The molecule has 0 bridgehead atoms. The molecule has 1 rings (SSSR count). The fourth-order valence-corrected chi connectivity index (χ4v) is 3.03. The van der Waals surface area contributed by atoms with Gasteiger partial charge in [-0.15, -0.1) is 11.8 Å². The Bertz CT molecular complexity index is 428. The number of hydrogen-bond donors (Lipinski definition) is 2. The Morgan fingerprint density at radius 3 is 2.75 bits per heavy atom. The minimum atomic E-state index is -0.766. The van der Waals surface area contributed by atoms with E-state index in [4.69, 9.17) is 16.7 Å². The van der Waals surface area contributed by atoms with E-state index in [1.165, 1.54) is 0 Å². The van der Waals surface area contributed by atoms with E-state index in [1.807, 2.05) is 38.1 Å². The number of carboxylic acids is 1. The molecule has 0 amide bonds. The number of benzene rings is 1. The van der Waals surface area contributed by atoms with E-state index in [1.54, 1.807) is 11.8 Å². The van der Waals surface area contributed by atoms with Crippen LogP contribution < -0.4 is 5.32 Å². The van der Waals surface area contributed by atoms with Crippen molar-refractivity contribution in [2.24, 2.45) is 5.92 Å². The number of carboxylic acid groups (broad SMARTS) is 1. The highest BCUT2D eigenvalue weighted by Crippen LogP contribution is 2.26. The van der Waals surface area contributed by atoms with Crippen molar-refractivity contribution in [3.63, 3.8) is 0 Å². The van der Waals surface area contributed by atoms with Gasteiger partial charge in [-0.2, -0.15) is 0 Å². The van der Waals surface area contributed by atoms with Crippen molar-refractivity contribution in [3.05, 3.63) is 29.3 Å². The lowest BCUT2D eigenvalue weighted by Gasteiger charge is -2.20. The van der Waals surface area contributed by atoms with Crippen LogP contribution in [-0.2, 0) is 4.79 Å². The van der Waals surface area contributed by atoms with Gasteiger partial charge in [0.25, 0.3) is 0 Å². The van der Waals surface area contributed by atoms with E-state index in [2.05, 4.69) is 5.32 Å². The lowest BCUT2D eigenvalue weighted by atomic mass is 9.99. The van der Waals surface area contributed by atoms with Crippen molar-refractivity contribution < 1.29 is 9.90 Å². The Hall–Kier alpha value is -0.710. The van der Waals surface area contributed by atoms with Gasteiger partial charge in [0.05, 0.1) is 5.02 Å². The summed E-state index contributed by atoms with van der Waals surface area (Å²) in [5.74, 6) is 0.297. The minimum Gasteiger partial charge on any atom is -0.480 e. The van der Waals surface area contributed by atoms with Crippen molar-refractivity contribution in [1.82, 2.24) is 5.32 Å². The monoisotopic (exact) mass is 315 g/mol. The van der Waals surface area contributed by atoms with Crippen LogP contribution in [0, 0.1) is 5.92 Å². The maximum absolute atomic E-state index is 11.1. The van der Waals surface area contributed by atoms with Gasteiger partial charge in [-0.25, -0.2) is 0 Å². The molecule has 0 fully saturated rings. The fraction of sp³-hybridized carbons (Fsp3) is 0.533. The number of hydrogen-bond acceptors (Lipinski definition) is 3. The number of rotatable bonds is 9. The molecular formula is C15H22ClNO2S. The van der Waals surface area contributed by atoms with Crippen molar-refractivity contribution in [3.8, 4) is 0 Å². The van der Waals surface area contributed by atoms with Crippen LogP contribution in [0.2, 0.25) is 5.02 Å². The Morgan fingerprint density at radius 2 is 2.15 bits per heavy atom. The van der Waals surface area contributed by atoms with Crippen molar-refractivity contribution in [2.45, 2.75) is 37.6 Å². The van der Waals surface area contributed by atoms with Crippen LogP contribution in [0.3, 0.4) is 0 Å². The molecule has 0 saturated heterocycles. The van der Waals surface area contributed by atoms with E-state index in [9.17, 15) is 4.79 Å². The average molecular weight is 316 g/mol. The largest absolute Gasteiger partial charge is 0.480 e. The zero-order chi connectivity index (χ0) is 15.0. The van der Waals surface area contributed by atoms with E-state index < -0.39 is 12.0 Å². The van der Waals surface area contributed by atoms with Gasteiger partial charge < -0.3 is 10.4 Å². The topological polar surface area (TPSA) is 49.3 Å². The second-order valence-electron chi connectivity index (χ2n) is 4.79. The molecule has 1 aromatic carbocycles. The molecule has 0 saturated carbocycles. The molecule has 1 aromatic rings. The predicted octanol–water partition coefficient (Wildman–Crippen LogP) is 3.91. The summed E-state index contributed by atoms with van der Waals surface area (Å²) in [5.41, 5.74) is 0. The molecule has 20 heavy (non-hydrogen) atoms. The molecule has 0 aromatic heterocycles. The van der Waals surface area contributed by atoms with Gasteiger partial charge in [0.1, 0.15) is 6.04 Å². The maximum atomic E-state index is 11.1. The number of aliphatic carboxylic acids is 1. The summed E-state index contributed by atoms with van der Waals surface area (Å²) in [4.78, 5) is 12.2. The molecule has 0 aliphatic heterocycles. The summed E-state index contributed by atoms with van der Waals surface area (Å²) in [7, 11) is 0. The Kier molecular flexibility index (Phi) is 8.04. The quantitative estimate of drug-likeness (QED) is 0.536. The first-order valence-electron chi connectivity index (χ1n) is 6.89. The normalized spacial score (nSPS) is 13.9. The summed E-state index contributed by atoms with van der Waals surface area (Å²) in [5, 5.41) is 13.1. The lowest BCUT2D eigenvalue weighted by molar-refractivity contribution is -0.140. The highest BCUT2D eigenvalue weighted by Gasteiger charge is 2.22. The first kappa shape index (κ1) is 17.3. The molecule has 0 aliphatic carbocycles. The molecule has 2 atom stereocenters. The van der Waals surface area contributed by atoms with Crippen LogP contribution in [0.15, 0.2) is 29.2 Å². The van der Waals surface area contributed by atoms with Crippen LogP contribution >= 0.6 is 23.4 Å². The van der Waals surface area contributed by atoms with Crippen molar-refractivity contribution in [1.29, 1.82) is 0 Å². The molecule has 0 aliphatic rings. The summed E-state index contributed by atoms with van der Waals surface area (Å²) in [6, 6.07) is 7.31. The molecular weight excluding hydrogens is 294 g/mol. The van der Waals surface area contributed by atoms with E-state index >= 15 is 0 Å². The van der Waals surface area contributed by atoms with Crippen LogP contribution in [0.1, 0.15) is 26.7 Å². The third kappa shape index (κ3) is 5.73. The molecule has 2 N–H and O–H groups in total. The highest BCUT2D eigenvalue weighted by atomic mass is 35.5. The van der Waals surface area contributed by atoms with Crippen LogP contribution in [0.25, 0.3) is 0 Å². The summed E-state index contributed by atoms with van der Waals surface area (Å²) in [6.07, 6.45) is 1.77. The summed E-state index contributed by atoms with van der Waals surface area (Å²) < 4.78 is 0. The Morgan fingerprint density at radius 1 is 1.45 bits per heavy atom. The zero-order valence-corrected chi connectivity index (χ0v) is 13.5. The Balaban J connectivity index is 2.27. The van der Waals surface area contributed by atoms with Crippen LogP contribution in [0.4, 0.5) is 0 Å². The summed E-state index contributed by atoms with van der Waals surface area (Å²) >= 11 is 7.78. The molecule has 0 heterocycles. The van der Waals surface area contributed by atoms with E-state index in [0.29, 0.717) is 6.54 Å². The number of thioether (sulfide) groups is 1. The number of carbonyl (C=O) groups is 1. The second kappa shape index (κ2) is 9.27. The third-order valence-electron chi connectivity index (χ3n) is 3.26. The van der Waals surface area contributed by atoms with E-state index in [0.717, 1.165) is 28.5 Å². The first-order valence-corrected chi connectivity index (χ1v) is 8.26. The van der Waals surface area contributed by atoms with Gasteiger partial charge >= 0.3 is 5.97 Å². The van der Waals surface area contributed by atoms with Gasteiger partial charge in [-0.05, 0) is 36.8 Å². The maximum Gasteiger partial charge on any atom is 0.320 e. The standard InChI is InChI=1S/C15H22ClNO2S/c1-3-11(2)14(15(18)19)17-9-6-10-20-13-8-5-4-7-12(13)16/h4-5,7-8,11,14,17H,3,6,9-10H2,1-2H3,(H,18,19)/t11-,14-/m0/s1. The number of nitrogens with one attached hydrogen (secondary N) is 1. The molecule has 0 spiro atoms. The lowest BCUT2D eigenvalue weighted by Crippen LogP contribution is -2.42. The molecule has 0 radical (unpaired) electrons. The van der Waals surface area contributed by atoms with Gasteiger partial charge in [0.15, 0.2) is 0 Å². The first-order chi connectivity index (χ1) is 9.56.